The normalized spacial score (nSPS) is 12.4. The summed E-state index contributed by atoms with van der Waals surface area (Å²) < 4.78 is 107. The molecule has 2 aromatic carbocycles. The van der Waals surface area contributed by atoms with E-state index in [2.05, 4.69) is 0 Å². The number of halogens is 6. The van der Waals surface area contributed by atoms with E-state index in [1.165, 1.54) is 26.3 Å². The highest BCUT2D eigenvalue weighted by Crippen LogP contribution is 2.38. The molecule has 2 rings (SSSR count). The number of carbonyl (C=O) groups excluding carboxylic acids is 1. The van der Waals surface area contributed by atoms with Gasteiger partial charge in [0.05, 0.1) is 35.7 Å². The van der Waals surface area contributed by atoms with E-state index in [0.29, 0.717) is 12.1 Å². The zero-order chi connectivity index (χ0) is 23.8. The van der Waals surface area contributed by atoms with E-state index in [9.17, 15) is 39.6 Å². The van der Waals surface area contributed by atoms with E-state index in [1.807, 2.05) is 5.32 Å². The molecule has 1 amide bonds. The first-order chi connectivity index (χ1) is 14.0. The van der Waals surface area contributed by atoms with E-state index in [-0.39, 0.29) is 23.1 Å². The Morgan fingerprint density at radius 3 is 1.90 bits per heavy atom. The quantitative estimate of drug-likeness (QED) is 0.659. The van der Waals surface area contributed by atoms with Gasteiger partial charge in [0.25, 0.3) is 5.91 Å². The highest BCUT2D eigenvalue weighted by Gasteiger charge is 2.37. The van der Waals surface area contributed by atoms with Crippen LogP contribution in [0.1, 0.15) is 21.5 Å². The predicted octanol–water partition coefficient (Wildman–Crippen LogP) is 4.38. The van der Waals surface area contributed by atoms with Gasteiger partial charge < -0.3 is 10.1 Å². The lowest BCUT2D eigenvalue weighted by molar-refractivity contribution is -0.143. The SMILES string of the molecule is COc1ccc(N(C)S(C)(=O)=O)cc1C(=O)Nc1cc(C(F)(F)F)cc(C(F)(F)F)c1. The molecule has 0 saturated heterocycles. The van der Waals surface area contributed by atoms with Crippen LogP contribution in [-0.2, 0) is 22.4 Å². The minimum absolute atomic E-state index is 0.0217. The van der Waals surface area contributed by atoms with Gasteiger partial charge in [0.15, 0.2) is 0 Å². The molecule has 0 saturated carbocycles. The molecule has 6 nitrogen and oxygen atoms in total. The summed E-state index contributed by atoms with van der Waals surface area (Å²) in [7, 11) is -1.34. The fraction of sp³-hybridized carbons (Fsp3) is 0.278. The zero-order valence-corrected chi connectivity index (χ0v) is 17.0. The maximum atomic E-state index is 13.0. The Morgan fingerprint density at radius 1 is 0.968 bits per heavy atom. The molecule has 2 aromatic rings. The van der Waals surface area contributed by atoms with Gasteiger partial charge in [0.2, 0.25) is 10.0 Å². The Balaban J connectivity index is 2.52. The number of hydrogen-bond donors (Lipinski definition) is 1. The third-order valence-electron chi connectivity index (χ3n) is 4.13. The van der Waals surface area contributed by atoms with Crippen molar-refractivity contribution in [1.29, 1.82) is 0 Å². The smallest absolute Gasteiger partial charge is 0.416 e. The minimum atomic E-state index is -5.09. The Bertz CT molecular complexity index is 1060. The van der Waals surface area contributed by atoms with E-state index >= 15 is 0 Å². The van der Waals surface area contributed by atoms with Gasteiger partial charge >= 0.3 is 12.4 Å². The van der Waals surface area contributed by atoms with Gasteiger partial charge in [-0.3, -0.25) is 9.10 Å². The van der Waals surface area contributed by atoms with Crippen LogP contribution in [0.25, 0.3) is 0 Å². The van der Waals surface area contributed by atoms with Crippen molar-refractivity contribution in [3.63, 3.8) is 0 Å². The van der Waals surface area contributed by atoms with Gasteiger partial charge in [0, 0.05) is 12.7 Å². The summed E-state index contributed by atoms with van der Waals surface area (Å²) in [5.41, 5.74) is -4.24. The number of nitrogens with one attached hydrogen (secondary N) is 1. The molecule has 0 aromatic heterocycles. The molecular formula is C18H16F6N2O4S. The van der Waals surface area contributed by atoms with Crippen LogP contribution in [0.4, 0.5) is 37.7 Å². The number of amides is 1. The molecule has 1 N–H and O–H groups in total. The summed E-state index contributed by atoms with van der Waals surface area (Å²) in [6.45, 7) is 0. The van der Waals surface area contributed by atoms with Crippen LogP contribution >= 0.6 is 0 Å². The number of ether oxygens (including phenoxy) is 1. The summed E-state index contributed by atoms with van der Waals surface area (Å²) in [4.78, 5) is 12.6. The van der Waals surface area contributed by atoms with Crippen molar-refractivity contribution in [2.75, 3.05) is 30.0 Å². The fourth-order valence-electron chi connectivity index (χ4n) is 2.49. The molecule has 0 aliphatic heterocycles. The number of methoxy groups -OCH3 is 1. The maximum absolute atomic E-state index is 13.0. The van der Waals surface area contributed by atoms with Crippen LogP contribution in [0.5, 0.6) is 5.75 Å². The number of alkyl halides is 6. The molecule has 170 valence electrons. The van der Waals surface area contributed by atoms with Crippen LogP contribution in [-0.4, -0.2) is 34.7 Å². The number of anilines is 2. The molecule has 0 atom stereocenters. The number of hydrogen-bond acceptors (Lipinski definition) is 4. The van der Waals surface area contributed by atoms with E-state index < -0.39 is 45.1 Å². The van der Waals surface area contributed by atoms with E-state index in [0.717, 1.165) is 16.6 Å². The first-order valence-electron chi connectivity index (χ1n) is 8.27. The van der Waals surface area contributed by atoms with Crippen LogP contribution < -0.4 is 14.4 Å². The summed E-state index contributed by atoms with van der Waals surface area (Å²) >= 11 is 0. The Kier molecular flexibility index (Phi) is 6.50. The number of nitrogens with zero attached hydrogens (tertiary/aromatic N) is 1. The third-order valence-corrected chi connectivity index (χ3v) is 5.34. The number of rotatable bonds is 5. The Hall–Kier alpha value is -2.96. The van der Waals surface area contributed by atoms with Gasteiger partial charge in [-0.25, -0.2) is 8.42 Å². The monoisotopic (exact) mass is 470 g/mol. The van der Waals surface area contributed by atoms with Crippen molar-refractivity contribution < 1.29 is 44.3 Å². The second kappa shape index (κ2) is 8.29. The maximum Gasteiger partial charge on any atom is 0.416 e. The lowest BCUT2D eigenvalue weighted by atomic mass is 10.1. The molecule has 13 heteroatoms. The molecule has 31 heavy (non-hydrogen) atoms. The van der Waals surface area contributed by atoms with Crippen LogP contribution in [0, 0.1) is 0 Å². The first-order valence-corrected chi connectivity index (χ1v) is 10.1. The Morgan fingerprint density at radius 2 is 1.48 bits per heavy atom. The van der Waals surface area contributed by atoms with Crippen LogP contribution in [0.3, 0.4) is 0 Å². The number of sulfonamides is 1. The number of benzene rings is 2. The van der Waals surface area contributed by atoms with Crippen molar-refractivity contribution >= 4 is 27.3 Å². The molecule has 0 fully saturated rings. The summed E-state index contributed by atoms with van der Waals surface area (Å²) in [5.74, 6) is -1.18. The molecule has 0 radical (unpaired) electrons. The summed E-state index contributed by atoms with van der Waals surface area (Å²) in [6, 6.07) is 4.26. The first kappa shape index (κ1) is 24.3. The molecule has 0 bridgehead atoms. The standard InChI is InChI=1S/C18H16F6N2O4S/c1-26(31(3,28)29)13-4-5-15(30-2)14(9-13)16(27)25-12-7-10(17(19,20)21)6-11(8-12)18(22,23)24/h4-9H,1-3H3,(H,25,27). The fourth-order valence-corrected chi connectivity index (χ4v) is 2.98. The van der Waals surface area contributed by atoms with E-state index in [1.54, 1.807) is 0 Å². The second-order valence-electron chi connectivity index (χ2n) is 6.36. The Labute approximate surface area is 173 Å². The molecule has 0 spiro atoms. The lowest BCUT2D eigenvalue weighted by Crippen LogP contribution is -2.25. The van der Waals surface area contributed by atoms with Gasteiger partial charge in [-0.1, -0.05) is 0 Å². The zero-order valence-electron chi connectivity index (χ0n) is 16.2. The van der Waals surface area contributed by atoms with Crippen LogP contribution in [0.15, 0.2) is 36.4 Å². The lowest BCUT2D eigenvalue weighted by Gasteiger charge is -2.19. The molecular weight excluding hydrogens is 454 g/mol. The van der Waals surface area contributed by atoms with Crippen molar-refractivity contribution in [2.24, 2.45) is 0 Å². The highest BCUT2D eigenvalue weighted by atomic mass is 32.2. The second-order valence-corrected chi connectivity index (χ2v) is 8.38. The van der Waals surface area contributed by atoms with Gasteiger partial charge in [-0.15, -0.1) is 0 Å². The molecule has 0 unspecified atom stereocenters. The summed E-state index contributed by atoms with van der Waals surface area (Å²) in [5, 5.41) is 1.98. The molecule has 0 aliphatic carbocycles. The van der Waals surface area contributed by atoms with Crippen LogP contribution in [0.2, 0.25) is 0 Å². The topological polar surface area (TPSA) is 75.7 Å². The van der Waals surface area contributed by atoms with Gasteiger partial charge in [0.1, 0.15) is 5.75 Å². The van der Waals surface area contributed by atoms with Crippen molar-refractivity contribution in [1.82, 2.24) is 0 Å². The van der Waals surface area contributed by atoms with Gasteiger partial charge in [-0.05, 0) is 36.4 Å². The summed E-state index contributed by atoms with van der Waals surface area (Å²) in [6.07, 6.45) is -9.27. The average molecular weight is 470 g/mol. The average Bonchev–Trinajstić information content (AvgIpc) is 2.64. The van der Waals surface area contributed by atoms with E-state index in [4.69, 9.17) is 4.74 Å². The predicted molar refractivity (Wildman–Crippen MR) is 101 cm³/mol. The molecule has 0 aliphatic rings. The van der Waals surface area contributed by atoms with Crippen molar-refractivity contribution in [3.05, 3.63) is 53.1 Å². The molecule has 0 heterocycles. The van der Waals surface area contributed by atoms with Gasteiger partial charge in [-0.2, -0.15) is 26.3 Å². The largest absolute Gasteiger partial charge is 0.496 e. The minimum Gasteiger partial charge on any atom is -0.496 e. The van der Waals surface area contributed by atoms with Crippen molar-refractivity contribution in [3.8, 4) is 5.75 Å². The van der Waals surface area contributed by atoms with Crippen molar-refractivity contribution in [2.45, 2.75) is 12.4 Å². The highest BCUT2D eigenvalue weighted by molar-refractivity contribution is 7.92. The number of carbonyl (C=O) groups is 1. The third kappa shape index (κ3) is 5.81.